The van der Waals surface area contributed by atoms with Gasteiger partial charge in [0.1, 0.15) is 11.6 Å². The second-order valence-corrected chi connectivity index (χ2v) is 6.45. The molecule has 1 N–H and O–H groups in total. The Balaban J connectivity index is 1.63. The van der Waals surface area contributed by atoms with Gasteiger partial charge in [0.2, 0.25) is 5.91 Å². The fraction of sp³-hybridized carbons (Fsp3) is 0.389. The van der Waals surface area contributed by atoms with E-state index in [9.17, 15) is 9.18 Å². The molecule has 126 valence electrons. The van der Waals surface area contributed by atoms with Gasteiger partial charge in [-0.15, -0.1) is 0 Å². The Labute approximate surface area is 145 Å². The topological polar surface area (TPSA) is 54.9 Å². The molecule has 1 heterocycles. The molecular weight excluding hydrogens is 329 g/mol. The summed E-state index contributed by atoms with van der Waals surface area (Å²) in [6.07, 6.45) is 4.45. The molecule has 0 bridgehead atoms. The zero-order valence-corrected chi connectivity index (χ0v) is 14.3. The van der Waals surface area contributed by atoms with E-state index < -0.39 is 5.82 Å². The minimum absolute atomic E-state index is 0.100. The van der Waals surface area contributed by atoms with E-state index in [0.29, 0.717) is 11.4 Å². The second-order valence-electron chi connectivity index (χ2n) is 6.05. The molecule has 0 saturated carbocycles. The molecule has 6 heteroatoms. The average Bonchev–Trinajstić information content (AvgIpc) is 2.56. The van der Waals surface area contributed by atoms with E-state index in [1.165, 1.54) is 30.2 Å². The molecule has 1 aromatic heterocycles. The summed E-state index contributed by atoms with van der Waals surface area (Å²) in [4.78, 5) is 21.2. The van der Waals surface area contributed by atoms with Gasteiger partial charge in [0.05, 0.1) is 13.0 Å². The van der Waals surface area contributed by atoms with Gasteiger partial charge in [-0.25, -0.2) is 14.4 Å². The van der Waals surface area contributed by atoms with Crippen LogP contribution in [0.3, 0.4) is 0 Å². The molecule has 1 aromatic carbocycles. The predicted octanol–water partition coefficient (Wildman–Crippen LogP) is 3.32. The number of rotatable bonds is 4. The largest absolute Gasteiger partial charge is 0.349 e. The van der Waals surface area contributed by atoms with Crippen molar-refractivity contribution in [1.82, 2.24) is 15.3 Å². The molecule has 0 spiro atoms. The quantitative estimate of drug-likeness (QED) is 0.923. The number of nitrogens with zero attached hydrogens (tertiary/aromatic N) is 2. The number of carbonyl (C=O) groups is 1. The van der Waals surface area contributed by atoms with Gasteiger partial charge in [-0.3, -0.25) is 4.79 Å². The lowest BCUT2D eigenvalue weighted by Crippen LogP contribution is -2.26. The van der Waals surface area contributed by atoms with Gasteiger partial charge in [-0.05, 0) is 55.9 Å². The van der Waals surface area contributed by atoms with Crippen molar-refractivity contribution in [3.8, 4) is 0 Å². The lowest BCUT2D eigenvalue weighted by molar-refractivity contribution is -0.120. The van der Waals surface area contributed by atoms with Crippen molar-refractivity contribution in [3.05, 3.63) is 57.4 Å². The summed E-state index contributed by atoms with van der Waals surface area (Å²) >= 11 is 5.95. The van der Waals surface area contributed by atoms with Crippen LogP contribution in [0.5, 0.6) is 0 Å². The van der Waals surface area contributed by atoms with Gasteiger partial charge in [0.25, 0.3) is 0 Å². The van der Waals surface area contributed by atoms with Crippen LogP contribution in [0.2, 0.25) is 5.02 Å². The van der Waals surface area contributed by atoms with Crippen molar-refractivity contribution in [2.75, 3.05) is 0 Å². The molecule has 4 nitrogen and oxygen atoms in total. The molecule has 0 saturated heterocycles. The number of benzene rings is 1. The molecule has 2 aromatic rings. The standard InChI is InChI=1S/C18H19ClFN3O/c1-11-14-4-2-3-5-16(14)23-17(22-11)10-21-18(24)8-12-6-7-13(20)9-15(12)19/h6-7,9H,2-5,8,10H2,1H3,(H,21,24). The van der Waals surface area contributed by atoms with E-state index >= 15 is 0 Å². The van der Waals surface area contributed by atoms with Crippen LogP contribution >= 0.6 is 11.6 Å². The Hall–Kier alpha value is -2.01. The summed E-state index contributed by atoms with van der Waals surface area (Å²) in [5.74, 6) is 0.0243. The van der Waals surface area contributed by atoms with Gasteiger partial charge in [0, 0.05) is 16.4 Å². The SMILES string of the molecule is Cc1nc(CNC(=O)Cc2ccc(F)cc2Cl)nc2c1CCCC2. The minimum atomic E-state index is -0.415. The third-order valence-electron chi connectivity index (χ3n) is 4.25. The maximum atomic E-state index is 13.0. The van der Waals surface area contributed by atoms with Crippen molar-refractivity contribution < 1.29 is 9.18 Å². The van der Waals surface area contributed by atoms with Crippen LogP contribution in [-0.2, 0) is 30.6 Å². The lowest BCUT2D eigenvalue weighted by atomic mass is 9.95. The number of hydrogen-bond donors (Lipinski definition) is 1. The summed E-state index contributed by atoms with van der Waals surface area (Å²) in [5, 5.41) is 3.06. The Morgan fingerprint density at radius 2 is 2.08 bits per heavy atom. The minimum Gasteiger partial charge on any atom is -0.349 e. The van der Waals surface area contributed by atoms with E-state index in [2.05, 4.69) is 15.3 Å². The number of aromatic nitrogens is 2. The molecular formula is C18H19ClFN3O. The van der Waals surface area contributed by atoms with E-state index in [-0.39, 0.29) is 23.9 Å². The van der Waals surface area contributed by atoms with Crippen LogP contribution < -0.4 is 5.32 Å². The average molecular weight is 348 g/mol. The molecule has 1 aliphatic rings. The maximum Gasteiger partial charge on any atom is 0.224 e. The van der Waals surface area contributed by atoms with Gasteiger partial charge >= 0.3 is 0 Å². The molecule has 0 radical (unpaired) electrons. The van der Waals surface area contributed by atoms with Crippen molar-refractivity contribution in [2.24, 2.45) is 0 Å². The highest BCUT2D eigenvalue weighted by Crippen LogP contribution is 2.21. The third kappa shape index (κ3) is 3.90. The highest BCUT2D eigenvalue weighted by Gasteiger charge is 2.16. The van der Waals surface area contributed by atoms with Crippen LogP contribution in [0.4, 0.5) is 4.39 Å². The van der Waals surface area contributed by atoms with E-state index in [1.54, 1.807) is 0 Å². The van der Waals surface area contributed by atoms with Crippen molar-refractivity contribution in [3.63, 3.8) is 0 Å². The molecule has 1 amide bonds. The van der Waals surface area contributed by atoms with Crippen LogP contribution in [0.25, 0.3) is 0 Å². The zero-order valence-electron chi connectivity index (χ0n) is 13.5. The highest BCUT2D eigenvalue weighted by molar-refractivity contribution is 6.31. The fourth-order valence-electron chi connectivity index (χ4n) is 3.00. The number of fused-ring (bicyclic) bond motifs is 1. The van der Waals surface area contributed by atoms with E-state index in [0.717, 1.165) is 30.7 Å². The first-order valence-electron chi connectivity index (χ1n) is 8.09. The van der Waals surface area contributed by atoms with Gasteiger partial charge in [0.15, 0.2) is 0 Å². The summed E-state index contributed by atoms with van der Waals surface area (Å²) in [7, 11) is 0. The molecule has 24 heavy (non-hydrogen) atoms. The van der Waals surface area contributed by atoms with Crippen molar-refractivity contribution in [1.29, 1.82) is 0 Å². The Bertz CT molecular complexity index is 779. The molecule has 3 rings (SSSR count). The zero-order chi connectivity index (χ0) is 17.1. The van der Waals surface area contributed by atoms with Gasteiger partial charge < -0.3 is 5.32 Å². The maximum absolute atomic E-state index is 13.0. The van der Waals surface area contributed by atoms with Crippen LogP contribution in [0.15, 0.2) is 18.2 Å². The van der Waals surface area contributed by atoms with E-state index in [4.69, 9.17) is 11.6 Å². The number of nitrogens with one attached hydrogen (secondary N) is 1. The lowest BCUT2D eigenvalue weighted by Gasteiger charge is -2.17. The first kappa shape index (κ1) is 16.8. The van der Waals surface area contributed by atoms with Crippen LogP contribution in [0, 0.1) is 12.7 Å². The van der Waals surface area contributed by atoms with Crippen LogP contribution in [-0.4, -0.2) is 15.9 Å². The Morgan fingerprint density at radius 3 is 2.88 bits per heavy atom. The number of amides is 1. The van der Waals surface area contributed by atoms with Crippen LogP contribution in [0.1, 0.15) is 41.2 Å². The van der Waals surface area contributed by atoms with Gasteiger partial charge in [-0.1, -0.05) is 17.7 Å². The van der Waals surface area contributed by atoms with Crippen molar-refractivity contribution >= 4 is 17.5 Å². The Kier molecular flexibility index (Phi) is 5.09. The smallest absolute Gasteiger partial charge is 0.224 e. The Morgan fingerprint density at radius 1 is 1.29 bits per heavy atom. The molecule has 0 atom stereocenters. The van der Waals surface area contributed by atoms with Crippen molar-refractivity contribution in [2.45, 2.75) is 45.6 Å². The molecule has 0 fully saturated rings. The second kappa shape index (κ2) is 7.26. The highest BCUT2D eigenvalue weighted by atomic mass is 35.5. The number of hydrogen-bond acceptors (Lipinski definition) is 3. The molecule has 1 aliphatic carbocycles. The number of aryl methyl sites for hydroxylation is 2. The summed E-state index contributed by atoms with van der Waals surface area (Å²) in [6, 6.07) is 4.03. The molecule has 0 aliphatic heterocycles. The monoisotopic (exact) mass is 347 g/mol. The first-order valence-corrected chi connectivity index (χ1v) is 8.46. The number of carbonyl (C=O) groups excluding carboxylic acids is 1. The predicted molar refractivity (Wildman–Crippen MR) is 90.4 cm³/mol. The van der Waals surface area contributed by atoms with E-state index in [1.807, 2.05) is 6.92 Å². The normalized spacial score (nSPS) is 13.5. The molecule has 0 unspecified atom stereocenters. The third-order valence-corrected chi connectivity index (χ3v) is 4.60. The number of halogens is 2. The van der Waals surface area contributed by atoms with Gasteiger partial charge in [-0.2, -0.15) is 0 Å². The first-order chi connectivity index (χ1) is 11.5. The summed E-state index contributed by atoms with van der Waals surface area (Å²) in [5.41, 5.74) is 3.97. The summed E-state index contributed by atoms with van der Waals surface area (Å²) < 4.78 is 13.0. The summed E-state index contributed by atoms with van der Waals surface area (Å²) in [6.45, 7) is 2.28. The fourth-order valence-corrected chi connectivity index (χ4v) is 3.24.